The number of nitrogens with one attached hydrogen (secondary N) is 1. The zero-order chi connectivity index (χ0) is 17.3. The summed E-state index contributed by atoms with van der Waals surface area (Å²) in [7, 11) is -3.95. The van der Waals surface area contributed by atoms with Crippen molar-refractivity contribution >= 4 is 37.3 Å². The molecule has 0 saturated heterocycles. The summed E-state index contributed by atoms with van der Waals surface area (Å²) >= 11 is 4.57. The Labute approximate surface area is 149 Å². The maximum atomic E-state index is 13.0. The van der Waals surface area contributed by atoms with Crippen LogP contribution in [0.1, 0.15) is 12.1 Å². The van der Waals surface area contributed by atoms with E-state index in [1.54, 1.807) is 30.3 Å². The van der Waals surface area contributed by atoms with Crippen LogP contribution >= 0.6 is 27.3 Å². The molecule has 0 unspecified atom stereocenters. The first-order valence-electron chi connectivity index (χ1n) is 6.58. The fourth-order valence-electron chi connectivity index (χ4n) is 1.97. The Morgan fingerprint density at radius 2 is 1.88 bits per heavy atom. The Kier molecular flexibility index (Phi) is 4.70. The van der Waals surface area contributed by atoms with Gasteiger partial charge in [0.05, 0.1) is 13.6 Å². The summed E-state index contributed by atoms with van der Waals surface area (Å²) in [6.45, 7) is 0. The van der Waals surface area contributed by atoms with Crippen LogP contribution in [-0.4, -0.2) is 18.3 Å². The smallest absolute Gasteiger partial charge is 0.203 e. The number of benzene rings is 1. The Balaban J connectivity index is 2.04. The summed E-state index contributed by atoms with van der Waals surface area (Å²) in [5.74, 6) is 0. The van der Waals surface area contributed by atoms with Crippen LogP contribution in [0.4, 0.5) is 8.78 Å². The molecule has 10 heteroatoms. The Hall–Kier alpha value is -1.78. The molecule has 3 aromatic rings. The number of thiophene rings is 1. The van der Waals surface area contributed by atoms with Crippen LogP contribution in [-0.2, 0) is 10.0 Å². The van der Waals surface area contributed by atoms with Gasteiger partial charge in [-0.15, -0.1) is 11.3 Å². The molecule has 24 heavy (non-hydrogen) atoms. The minimum absolute atomic E-state index is 0.0115. The first-order chi connectivity index (χ1) is 11.4. The number of hydrogen-bond donors (Lipinski definition) is 1. The van der Waals surface area contributed by atoms with Gasteiger partial charge < -0.3 is 0 Å². The van der Waals surface area contributed by atoms with Crippen molar-refractivity contribution in [2.45, 2.75) is 11.3 Å². The van der Waals surface area contributed by atoms with Crippen LogP contribution in [0.25, 0.3) is 10.6 Å². The molecular weight excluding hydrogens is 424 g/mol. The average molecular weight is 434 g/mol. The van der Waals surface area contributed by atoms with Gasteiger partial charge in [-0.25, -0.2) is 8.78 Å². The second-order valence-corrected chi connectivity index (χ2v) is 8.80. The lowest BCUT2D eigenvalue weighted by atomic mass is 10.3. The van der Waals surface area contributed by atoms with Crippen LogP contribution in [0.2, 0.25) is 0 Å². The molecule has 3 rings (SSSR count). The van der Waals surface area contributed by atoms with Crippen molar-refractivity contribution in [1.29, 1.82) is 0 Å². The summed E-state index contributed by atoms with van der Waals surface area (Å²) < 4.78 is 51.6. The van der Waals surface area contributed by atoms with Crippen molar-refractivity contribution in [1.82, 2.24) is 9.89 Å². The molecule has 0 aliphatic carbocycles. The third-order valence-corrected chi connectivity index (χ3v) is 5.99. The van der Waals surface area contributed by atoms with Crippen LogP contribution in [0, 0.1) is 0 Å². The molecule has 0 amide bonds. The van der Waals surface area contributed by atoms with E-state index in [9.17, 15) is 17.2 Å². The third kappa shape index (κ3) is 3.50. The molecule has 0 radical (unpaired) electrons. The van der Waals surface area contributed by atoms with E-state index in [2.05, 4.69) is 25.9 Å². The van der Waals surface area contributed by atoms with E-state index in [1.165, 1.54) is 23.5 Å². The van der Waals surface area contributed by atoms with Gasteiger partial charge in [0.2, 0.25) is 0 Å². The molecule has 2 heterocycles. The molecule has 0 aliphatic rings. The normalized spacial score (nSPS) is 11.8. The van der Waals surface area contributed by atoms with Crippen LogP contribution in [0.15, 0.2) is 57.2 Å². The largest absolute Gasteiger partial charge is 0.282 e. The van der Waals surface area contributed by atoms with Crippen molar-refractivity contribution < 1.29 is 17.2 Å². The lowest BCUT2D eigenvalue weighted by molar-refractivity contribution is 0.145. The number of hydrogen-bond acceptors (Lipinski definition) is 4. The molecule has 5 nitrogen and oxygen atoms in total. The van der Waals surface area contributed by atoms with Crippen molar-refractivity contribution in [3.8, 4) is 10.6 Å². The molecule has 0 spiro atoms. The predicted molar refractivity (Wildman–Crippen MR) is 91.2 cm³/mol. The predicted octanol–water partition coefficient (Wildman–Crippen LogP) is 4.24. The molecule has 1 aromatic carbocycles. The van der Waals surface area contributed by atoms with Crippen LogP contribution in [0.5, 0.6) is 0 Å². The standard InChI is InChI=1S/C14H10BrF2N3O2S2/c15-13-7-6-12(23-13)11-8-10(14(16)17)18-20(11)19-24(21,22)9-4-2-1-3-5-9/h1-8,14,19H. The van der Waals surface area contributed by atoms with Gasteiger partial charge in [-0.1, -0.05) is 18.2 Å². The van der Waals surface area contributed by atoms with E-state index in [-0.39, 0.29) is 10.6 Å². The molecular formula is C14H10BrF2N3O2S2. The highest BCUT2D eigenvalue weighted by Gasteiger charge is 2.21. The van der Waals surface area contributed by atoms with Crippen LogP contribution < -0.4 is 4.83 Å². The second kappa shape index (κ2) is 6.61. The molecule has 0 atom stereocenters. The summed E-state index contributed by atoms with van der Waals surface area (Å²) in [4.78, 5) is 3.69. The van der Waals surface area contributed by atoms with Gasteiger partial charge in [-0.2, -0.15) is 23.1 Å². The van der Waals surface area contributed by atoms with E-state index in [0.29, 0.717) is 4.88 Å². The second-order valence-electron chi connectivity index (χ2n) is 4.68. The molecule has 0 saturated carbocycles. The van der Waals surface area contributed by atoms with E-state index < -0.39 is 22.1 Å². The number of alkyl halides is 2. The van der Waals surface area contributed by atoms with Gasteiger partial charge in [-0.3, -0.25) is 0 Å². The van der Waals surface area contributed by atoms with Crippen molar-refractivity contribution in [3.63, 3.8) is 0 Å². The molecule has 126 valence electrons. The molecule has 2 aromatic heterocycles. The fraction of sp³-hybridized carbons (Fsp3) is 0.0714. The fourth-order valence-corrected chi connectivity index (χ4v) is 4.34. The average Bonchev–Trinajstić information content (AvgIpc) is 3.14. The zero-order valence-electron chi connectivity index (χ0n) is 11.9. The number of halogens is 3. The summed E-state index contributed by atoms with van der Waals surface area (Å²) in [6.07, 6.45) is -2.81. The van der Waals surface area contributed by atoms with E-state index in [4.69, 9.17) is 0 Å². The Morgan fingerprint density at radius 3 is 2.46 bits per heavy atom. The quantitative estimate of drug-likeness (QED) is 0.654. The molecule has 0 bridgehead atoms. The zero-order valence-corrected chi connectivity index (χ0v) is 15.1. The molecule has 0 fully saturated rings. The third-order valence-electron chi connectivity index (χ3n) is 3.04. The first kappa shape index (κ1) is 17.1. The maximum absolute atomic E-state index is 13.0. The van der Waals surface area contributed by atoms with Gasteiger partial charge in [0.25, 0.3) is 16.4 Å². The van der Waals surface area contributed by atoms with Gasteiger partial charge >= 0.3 is 0 Å². The topological polar surface area (TPSA) is 64.0 Å². The highest BCUT2D eigenvalue weighted by Crippen LogP contribution is 2.33. The SMILES string of the molecule is O=S(=O)(Nn1nc(C(F)F)cc1-c1ccc(Br)s1)c1ccccc1. The lowest BCUT2D eigenvalue weighted by Gasteiger charge is -2.10. The van der Waals surface area contributed by atoms with Crippen LogP contribution in [0.3, 0.4) is 0 Å². The molecule has 1 N–H and O–H groups in total. The van der Waals surface area contributed by atoms with E-state index in [1.807, 2.05) is 0 Å². The summed E-state index contributed by atoms with van der Waals surface area (Å²) in [5, 5.41) is 3.67. The maximum Gasteiger partial charge on any atom is 0.282 e. The van der Waals surface area contributed by atoms with Crippen molar-refractivity contribution in [2.24, 2.45) is 0 Å². The highest BCUT2D eigenvalue weighted by molar-refractivity contribution is 9.11. The van der Waals surface area contributed by atoms with Crippen molar-refractivity contribution in [2.75, 3.05) is 4.83 Å². The van der Waals surface area contributed by atoms with Gasteiger partial charge in [0, 0.05) is 0 Å². The van der Waals surface area contributed by atoms with Crippen molar-refractivity contribution in [3.05, 3.63) is 58.0 Å². The molecule has 0 aliphatic heterocycles. The van der Waals surface area contributed by atoms with Gasteiger partial charge in [0.15, 0.2) is 0 Å². The van der Waals surface area contributed by atoms with Gasteiger partial charge in [-0.05, 0) is 46.3 Å². The number of nitrogens with zero attached hydrogens (tertiary/aromatic N) is 2. The number of rotatable bonds is 5. The number of sulfonamides is 1. The highest BCUT2D eigenvalue weighted by atomic mass is 79.9. The minimum atomic E-state index is -3.95. The monoisotopic (exact) mass is 433 g/mol. The van der Waals surface area contributed by atoms with E-state index >= 15 is 0 Å². The Morgan fingerprint density at radius 1 is 1.17 bits per heavy atom. The minimum Gasteiger partial charge on any atom is -0.203 e. The Bertz CT molecular complexity index is 956. The van der Waals surface area contributed by atoms with E-state index in [0.717, 1.165) is 14.6 Å². The van der Waals surface area contributed by atoms with Gasteiger partial charge in [0.1, 0.15) is 11.4 Å². The first-order valence-corrected chi connectivity index (χ1v) is 9.68. The summed E-state index contributed by atoms with van der Waals surface area (Å²) in [5.41, 5.74) is -0.272. The number of aromatic nitrogens is 2. The summed E-state index contributed by atoms with van der Waals surface area (Å²) in [6, 6.07) is 12.2. The lowest BCUT2D eigenvalue weighted by Crippen LogP contribution is -2.25.